The van der Waals surface area contributed by atoms with Gasteiger partial charge in [-0.05, 0) is 12.8 Å². The van der Waals surface area contributed by atoms with E-state index in [2.05, 4.69) is 4.74 Å². The highest BCUT2D eigenvalue weighted by Gasteiger charge is 1.88. The summed E-state index contributed by atoms with van der Waals surface area (Å²) in [6.45, 7) is 1.81. The maximum atomic E-state index is 10.3. The standard InChI is InChI=1S/C9H14O3/c1-9(11)12-8-6-4-2-3-5-7-10/h2,4,7H,3,5-6,8H2,1H3/b4-2+. The van der Waals surface area contributed by atoms with Crippen molar-refractivity contribution in [3.05, 3.63) is 12.2 Å². The van der Waals surface area contributed by atoms with Crippen LogP contribution in [0.5, 0.6) is 0 Å². The number of hydrogen-bond acceptors (Lipinski definition) is 3. The minimum atomic E-state index is -0.253. The van der Waals surface area contributed by atoms with E-state index in [1.807, 2.05) is 12.2 Å². The van der Waals surface area contributed by atoms with Crippen LogP contribution in [0.4, 0.5) is 0 Å². The first-order chi connectivity index (χ1) is 5.77. The van der Waals surface area contributed by atoms with Crippen molar-refractivity contribution in [2.24, 2.45) is 0 Å². The van der Waals surface area contributed by atoms with Crippen LogP contribution in [0.15, 0.2) is 12.2 Å². The average molecular weight is 170 g/mol. The van der Waals surface area contributed by atoms with Crippen molar-refractivity contribution in [1.82, 2.24) is 0 Å². The Kier molecular flexibility index (Phi) is 7.24. The molecule has 0 aliphatic heterocycles. The highest BCUT2D eigenvalue weighted by atomic mass is 16.5. The van der Waals surface area contributed by atoms with E-state index < -0.39 is 0 Å². The topological polar surface area (TPSA) is 43.4 Å². The van der Waals surface area contributed by atoms with Gasteiger partial charge >= 0.3 is 5.97 Å². The normalized spacial score (nSPS) is 10.1. The molecule has 0 aliphatic rings. The Hall–Kier alpha value is -1.12. The minimum absolute atomic E-state index is 0.253. The van der Waals surface area contributed by atoms with Crippen molar-refractivity contribution in [1.29, 1.82) is 0 Å². The molecule has 0 aromatic heterocycles. The Morgan fingerprint density at radius 1 is 1.25 bits per heavy atom. The van der Waals surface area contributed by atoms with Gasteiger partial charge < -0.3 is 9.53 Å². The number of allylic oxidation sites excluding steroid dienone is 1. The summed E-state index contributed by atoms with van der Waals surface area (Å²) in [6, 6.07) is 0. The van der Waals surface area contributed by atoms with Crippen LogP contribution in [0.25, 0.3) is 0 Å². The zero-order chi connectivity index (χ0) is 9.23. The summed E-state index contributed by atoms with van der Waals surface area (Å²) < 4.78 is 4.69. The molecule has 0 atom stereocenters. The quantitative estimate of drug-likeness (QED) is 0.262. The highest BCUT2D eigenvalue weighted by molar-refractivity contribution is 5.65. The molecule has 0 aromatic carbocycles. The first-order valence-electron chi connectivity index (χ1n) is 3.99. The lowest BCUT2D eigenvalue weighted by Gasteiger charge is -1.95. The first kappa shape index (κ1) is 10.9. The van der Waals surface area contributed by atoms with Gasteiger partial charge in [-0.3, -0.25) is 4.79 Å². The average Bonchev–Trinajstić information content (AvgIpc) is 2.02. The van der Waals surface area contributed by atoms with Gasteiger partial charge in [0.25, 0.3) is 0 Å². The van der Waals surface area contributed by atoms with Gasteiger partial charge in [-0.1, -0.05) is 12.2 Å². The summed E-state index contributed by atoms with van der Waals surface area (Å²) in [5.74, 6) is -0.253. The van der Waals surface area contributed by atoms with Gasteiger partial charge in [0.15, 0.2) is 0 Å². The number of esters is 1. The molecule has 0 rings (SSSR count). The third kappa shape index (κ3) is 8.88. The van der Waals surface area contributed by atoms with E-state index in [9.17, 15) is 9.59 Å². The third-order valence-corrected chi connectivity index (χ3v) is 1.21. The second-order valence-electron chi connectivity index (χ2n) is 2.34. The maximum absolute atomic E-state index is 10.3. The molecule has 0 N–H and O–H groups in total. The Bertz CT molecular complexity index is 161. The molecule has 0 spiro atoms. The molecular formula is C9H14O3. The van der Waals surface area contributed by atoms with Crippen LogP contribution in [0, 0.1) is 0 Å². The Morgan fingerprint density at radius 3 is 2.50 bits per heavy atom. The van der Waals surface area contributed by atoms with Crippen molar-refractivity contribution in [3.63, 3.8) is 0 Å². The van der Waals surface area contributed by atoms with Gasteiger partial charge in [0.1, 0.15) is 6.29 Å². The van der Waals surface area contributed by atoms with Crippen LogP contribution in [-0.4, -0.2) is 18.9 Å². The Labute approximate surface area is 72.4 Å². The van der Waals surface area contributed by atoms with Gasteiger partial charge in [-0.2, -0.15) is 0 Å². The van der Waals surface area contributed by atoms with Crippen molar-refractivity contribution in [2.45, 2.75) is 26.2 Å². The van der Waals surface area contributed by atoms with Gasteiger partial charge in [-0.25, -0.2) is 0 Å². The van der Waals surface area contributed by atoms with Gasteiger partial charge in [0.2, 0.25) is 0 Å². The van der Waals surface area contributed by atoms with Gasteiger partial charge in [0, 0.05) is 13.3 Å². The number of ether oxygens (including phenoxy) is 1. The molecule has 0 amide bonds. The number of aldehydes is 1. The Balaban J connectivity index is 3.13. The first-order valence-corrected chi connectivity index (χ1v) is 3.99. The lowest BCUT2D eigenvalue weighted by atomic mass is 10.3. The minimum Gasteiger partial charge on any atom is -0.466 e. The molecule has 0 fully saturated rings. The van der Waals surface area contributed by atoms with Crippen molar-refractivity contribution < 1.29 is 14.3 Å². The van der Waals surface area contributed by atoms with Crippen LogP contribution in [-0.2, 0) is 14.3 Å². The predicted octanol–water partition coefficient (Wildman–Crippen LogP) is 1.47. The zero-order valence-electron chi connectivity index (χ0n) is 7.29. The smallest absolute Gasteiger partial charge is 0.302 e. The third-order valence-electron chi connectivity index (χ3n) is 1.21. The van der Waals surface area contributed by atoms with E-state index in [0.717, 1.165) is 19.1 Å². The highest BCUT2D eigenvalue weighted by Crippen LogP contribution is 1.91. The molecule has 12 heavy (non-hydrogen) atoms. The monoisotopic (exact) mass is 170 g/mol. The largest absolute Gasteiger partial charge is 0.466 e. The van der Waals surface area contributed by atoms with Crippen LogP contribution in [0.1, 0.15) is 26.2 Å². The van der Waals surface area contributed by atoms with E-state index in [1.54, 1.807) is 0 Å². The molecule has 0 aromatic rings. The Morgan fingerprint density at radius 2 is 1.92 bits per heavy atom. The fourth-order valence-corrected chi connectivity index (χ4v) is 0.671. The summed E-state index contributed by atoms with van der Waals surface area (Å²) in [5, 5.41) is 0. The summed E-state index contributed by atoms with van der Waals surface area (Å²) in [4.78, 5) is 20.2. The van der Waals surface area contributed by atoms with Gasteiger partial charge in [-0.15, -0.1) is 0 Å². The molecule has 68 valence electrons. The van der Waals surface area contributed by atoms with Crippen LogP contribution in [0.3, 0.4) is 0 Å². The molecule has 0 aliphatic carbocycles. The van der Waals surface area contributed by atoms with Gasteiger partial charge in [0.05, 0.1) is 6.61 Å². The molecule has 0 saturated heterocycles. The van der Waals surface area contributed by atoms with Crippen molar-refractivity contribution in [3.8, 4) is 0 Å². The lowest BCUT2D eigenvalue weighted by molar-refractivity contribution is -0.140. The van der Waals surface area contributed by atoms with E-state index in [0.29, 0.717) is 13.0 Å². The molecular weight excluding hydrogens is 156 g/mol. The SMILES string of the molecule is CC(=O)OCC/C=C/CCC=O. The van der Waals surface area contributed by atoms with Crippen molar-refractivity contribution in [2.75, 3.05) is 6.61 Å². The summed E-state index contributed by atoms with van der Waals surface area (Å²) in [7, 11) is 0. The fraction of sp³-hybridized carbons (Fsp3) is 0.556. The summed E-state index contributed by atoms with van der Waals surface area (Å²) in [6.07, 6.45) is 6.76. The number of rotatable bonds is 6. The maximum Gasteiger partial charge on any atom is 0.302 e. The molecule has 0 saturated carbocycles. The second kappa shape index (κ2) is 7.98. The number of unbranched alkanes of at least 4 members (excludes halogenated alkanes) is 1. The van der Waals surface area contributed by atoms with Crippen LogP contribution in [0.2, 0.25) is 0 Å². The van der Waals surface area contributed by atoms with E-state index in [1.165, 1.54) is 6.92 Å². The van der Waals surface area contributed by atoms with Crippen LogP contribution >= 0.6 is 0 Å². The molecule has 3 heteroatoms. The number of hydrogen-bond donors (Lipinski definition) is 0. The van der Waals surface area contributed by atoms with E-state index >= 15 is 0 Å². The van der Waals surface area contributed by atoms with Crippen LogP contribution < -0.4 is 0 Å². The zero-order valence-corrected chi connectivity index (χ0v) is 7.29. The second-order valence-corrected chi connectivity index (χ2v) is 2.34. The number of carbonyl (C=O) groups excluding carboxylic acids is 2. The molecule has 0 heterocycles. The predicted molar refractivity (Wildman–Crippen MR) is 45.7 cm³/mol. The summed E-state index contributed by atoms with van der Waals surface area (Å²) in [5.41, 5.74) is 0. The molecule has 0 unspecified atom stereocenters. The molecule has 0 radical (unpaired) electrons. The fourth-order valence-electron chi connectivity index (χ4n) is 0.671. The number of carbonyl (C=O) groups is 2. The lowest BCUT2D eigenvalue weighted by Crippen LogP contribution is -1.98. The molecule has 3 nitrogen and oxygen atoms in total. The van der Waals surface area contributed by atoms with Crippen molar-refractivity contribution >= 4 is 12.3 Å². The summed E-state index contributed by atoms with van der Waals surface area (Å²) >= 11 is 0. The molecule has 0 bridgehead atoms. The van der Waals surface area contributed by atoms with E-state index in [-0.39, 0.29) is 5.97 Å². The van der Waals surface area contributed by atoms with E-state index in [4.69, 9.17) is 0 Å².